The number of hydrogen-bond acceptors (Lipinski definition) is 3. The third-order valence-corrected chi connectivity index (χ3v) is 4.12. The third kappa shape index (κ3) is 2.65. The second-order valence-corrected chi connectivity index (χ2v) is 5.07. The maximum absolute atomic E-state index is 9.60. The topological polar surface area (TPSA) is 49.6 Å². The van der Waals surface area contributed by atoms with Crippen LogP contribution in [0.3, 0.4) is 0 Å². The number of fused-ring (bicyclic) bond motifs is 1. The minimum atomic E-state index is -0.189. The van der Waals surface area contributed by atoms with Crippen molar-refractivity contribution >= 4 is 5.65 Å². The molecule has 2 heterocycles. The number of pyridine rings is 1. The van der Waals surface area contributed by atoms with Crippen molar-refractivity contribution in [2.75, 3.05) is 6.61 Å². The molecule has 19 heavy (non-hydrogen) atoms. The maximum atomic E-state index is 9.60. The average Bonchev–Trinajstić information content (AvgIpc) is 2.77. The number of hydrogen-bond donors (Lipinski definition) is 2. The van der Waals surface area contributed by atoms with Crippen molar-refractivity contribution in [3.05, 3.63) is 35.8 Å². The number of aliphatic hydroxyl groups excluding tert-OH is 1. The highest BCUT2D eigenvalue weighted by atomic mass is 16.3. The second kappa shape index (κ2) is 5.72. The highest BCUT2D eigenvalue weighted by Crippen LogP contribution is 2.17. The van der Waals surface area contributed by atoms with Gasteiger partial charge in [-0.1, -0.05) is 19.9 Å². The van der Waals surface area contributed by atoms with Crippen molar-refractivity contribution in [2.24, 2.45) is 0 Å². The largest absolute Gasteiger partial charge is 0.394 e. The normalized spacial score (nSPS) is 12.2. The number of nitrogens with zero attached hydrogens (tertiary/aromatic N) is 2. The van der Waals surface area contributed by atoms with Gasteiger partial charge in [-0.05, 0) is 31.9 Å². The summed E-state index contributed by atoms with van der Waals surface area (Å²) in [7, 11) is 0. The summed E-state index contributed by atoms with van der Waals surface area (Å²) in [6.45, 7) is 7.12. The molecule has 2 N–H and O–H groups in total. The van der Waals surface area contributed by atoms with Gasteiger partial charge in [-0.3, -0.25) is 0 Å². The van der Waals surface area contributed by atoms with Crippen LogP contribution in [0.5, 0.6) is 0 Å². The first kappa shape index (κ1) is 14.0. The first-order chi connectivity index (χ1) is 9.15. The molecule has 0 atom stereocenters. The van der Waals surface area contributed by atoms with Crippen molar-refractivity contribution < 1.29 is 5.11 Å². The van der Waals surface area contributed by atoms with Crippen LogP contribution in [-0.2, 0) is 6.54 Å². The van der Waals surface area contributed by atoms with E-state index in [0.29, 0.717) is 0 Å². The Kier molecular flexibility index (Phi) is 4.22. The monoisotopic (exact) mass is 261 g/mol. The molecule has 104 valence electrons. The Morgan fingerprint density at radius 1 is 1.32 bits per heavy atom. The van der Waals surface area contributed by atoms with E-state index in [4.69, 9.17) is 0 Å². The molecule has 2 rings (SSSR count). The van der Waals surface area contributed by atoms with E-state index in [1.165, 1.54) is 0 Å². The fourth-order valence-electron chi connectivity index (χ4n) is 2.43. The van der Waals surface area contributed by atoms with Crippen molar-refractivity contribution in [3.8, 4) is 0 Å². The molecule has 0 aliphatic rings. The van der Waals surface area contributed by atoms with Gasteiger partial charge >= 0.3 is 0 Å². The summed E-state index contributed by atoms with van der Waals surface area (Å²) in [5, 5.41) is 13.1. The third-order valence-electron chi connectivity index (χ3n) is 4.12. The van der Waals surface area contributed by atoms with Crippen LogP contribution < -0.4 is 5.32 Å². The Morgan fingerprint density at radius 3 is 2.68 bits per heavy atom. The molecule has 0 saturated heterocycles. The zero-order chi connectivity index (χ0) is 13.9. The lowest BCUT2D eigenvalue weighted by molar-refractivity contribution is 0.149. The van der Waals surface area contributed by atoms with Gasteiger partial charge in [-0.25, -0.2) is 4.98 Å². The van der Waals surface area contributed by atoms with Gasteiger partial charge in [0.2, 0.25) is 0 Å². The van der Waals surface area contributed by atoms with Gasteiger partial charge < -0.3 is 14.8 Å². The quantitative estimate of drug-likeness (QED) is 0.838. The van der Waals surface area contributed by atoms with Gasteiger partial charge in [0.05, 0.1) is 18.0 Å². The number of rotatable bonds is 6. The number of nitrogens with one attached hydrogen (secondary N) is 1. The second-order valence-electron chi connectivity index (χ2n) is 5.07. The van der Waals surface area contributed by atoms with E-state index < -0.39 is 0 Å². The molecule has 0 spiro atoms. The van der Waals surface area contributed by atoms with Gasteiger partial charge in [0.25, 0.3) is 0 Å². The van der Waals surface area contributed by atoms with Crippen LogP contribution in [-0.4, -0.2) is 26.6 Å². The van der Waals surface area contributed by atoms with E-state index in [0.717, 1.165) is 36.4 Å². The molecule has 0 unspecified atom stereocenters. The Hall–Kier alpha value is -1.39. The van der Waals surface area contributed by atoms with Crippen molar-refractivity contribution in [1.82, 2.24) is 14.7 Å². The molecule has 0 saturated carbocycles. The summed E-state index contributed by atoms with van der Waals surface area (Å²) in [5.74, 6) is 0. The summed E-state index contributed by atoms with van der Waals surface area (Å²) in [6, 6.07) is 6.01. The van der Waals surface area contributed by atoms with Crippen molar-refractivity contribution in [2.45, 2.75) is 45.7 Å². The maximum Gasteiger partial charge on any atom is 0.137 e. The average molecular weight is 261 g/mol. The lowest BCUT2D eigenvalue weighted by Gasteiger charge is -2.31. The van der Waals surface area contributed by atoms with Crippen molar-refractivity contribution in [3.63, 3.8) is 0 Å². The molecule has 0 aliphatic heterocycles. The first-order valence-electron chi connectivity index (χ1n) is 6.94. The molecule has 0 aromatic carbocycles. The van der Waals surface area contributed by atoms with E-state index >= 15 is 0 Å². The molecule has 0 radical (unpaired) electrons. The smallest absolute Gasteiger partial charge is 0.137 e. The van der Waals surface area contributed by atoms with E-state index in [1.54, 1.807) is 0 Å². The Bertz CT molecular complexity index is 535. The highest BCUT2D eigenvalue weighted by Gasteiger charge is 2.25. The van der Waals surface area contributed by atoms with Crippen molar-refractivity contribution in [1.29, 1.82) is 0 Å². The fourth-order valence-corrected chi connectivity index (χ4v) is 2.43. The zero-order valence-electron chi connectivity index (χ0n) is 12.0. The molecule has 0 aliphatic carbocycles. The van der Waals surface area contributed by atoms with Crippen LogP contribution in [0.4, 0.5) is 0 Å². The molecular weight excluding hydrogens is 238 g/mol. The first-order valence-corrected chi connectivity index (χ1v) is 6.94. The van der Waals surface area contributed by atoms with E-state index in [9.17, 15) is 5.11 Å². The van der Waals surface area contributed by atoms with E-state index in [1.807, 2.05) is 31.3 Å². The van der Waals surface area contributed by atoms with Crippen LogP contribution in [0.15, 0.2) is 24.4 Å². The van der Waals surface area contributed by atoms with Gasteiger partial charge in [-0.15, -0.1) is 0 Å². The SMILES string of the molecule is CCC(CC)(CO)NCc1c(C)nc2ccccn12. The van der Waals surface area contributed by atoms with Crippen LogP contribution in [0, 0.1) is 6.92 Å². The molecule has 4 heteroatoms. The summed E-state index contributed by atoms with van der Waals surface area (Å²) in [4.78, 5) is 4.55. The molecule has 0 amide bonds. The van der Waals surface area contributed by atoms with Gasteiger partial charge in [0, 0.05) is 18.3 Å². The molecular formula is C15H23N3O. The molecule has 2 aromatic rings. The fraction of sp³-hybridized carbons (Fsp3) is 0.533. The Morgan fingerprint density at radius 2 is 2.05 bits per heavy atom. The van der Waals surface area contributed by atoms with Crippen LogP contribution in [0.25, 0.3) is 5.65 Å². The van der Waals surface area contributed by atoms with Crippen LogP contribution in [0.1, 0.15) is 38.1 Å². The minimum Gasteiger partial charge on any atom is -0.394 e. The number of aromatic nitrogens is 2. The lowest BCUT2D eigenvalue weighted by atomic mass is 9.94. The molecule has 2 aromatic heterocycles. The summed E-state index contributed by atoms with van der Waals surface area (Å²) >= 11 is 0. The predicted molar refractivity (Wildman–Crippen MR) is 77.2 cm³/mol. The zero-order valence-corrected chi connectivity index (χ0v) is 12.0. The molecule has 0 bridgehead atoms. The summed E-state index contributed by atoms with van der Waals surface area (Å²) < 4.78 is 2.11. The van der Waals surface area contributed by atoms with Crippen LogP contribution in [0.2, 0.25) is 0 Å². The molecule has 0 fully saturated rings. The van der Waals surface area contributed by atoms with Gasteiger partial charge in [0.1, 0.15) is 5.65 Å². The van der Waals surface area contributed by atoms with E-state index in [2.05, 4.69) is 28.5 Å². The number of imidazole rings is 1. The Labute approximate surface area is 114 Å². The summed E-state index contributed by atoms with van der Waals surface area (Å²) in [5.41, 5.74) is 2.98. The van der Waals surface area contributed by atoms with Crippen LogP contribution >= 0.6 is 0 Å². The predicted octanol–water partition coefficient (Wildman–Crippen LogP) is 2.28. The molecule has 4 nitrogen and oxygen atoms in total. The van der Waals surface area contributed by atoms with Gasteiger partial charge in [0.15, 0.2) is 0 Å². The van der Waals surface area contributed by atoms with Gasteiger partial charge in [-0.2, -0.15) is 0 Å². The highest BCUT2D eigenvalue weighted by molar-refractivity contribution is 5.42. The van der Waals surface area contributed by atoms with E-state index in [-0.39, 0.29) is 12.1 Å². The number of aliphatic hydroxyl groups is 1. The Balaban J connectivity index is 2.24. The standard InChI is InChI=1S/C15H23N3O/c1-4-15(5-2,11-19)16-10-13-12(3)17-14-8-6-7-9-18(13)14/h6-9,16,19H,4-5,10-11H2,1-3H3. The number of aryl methyl sites for hydroxylation is 1. The lowest BCUT2D eigenvalue weighted by Crippen LogP contribution is -2.47. The summed E-state index contributed by atoms with van der Waals surface area (Å²) in [6.07, 6.45) is 3.86. The minimum absolute atomic E-state index is 0.162.